The number of aromatic nitrogens is 1. The van der Waals surface area contributed by atoms with E-state index >= 15 is 0 Å². The van der Waals surface area contributed by atoms with Gasteiger partial charge in [-0.25, -0.2) is 4.39 Å². The summed E-state index contributed by atoms with van der Waals surface area (Å²) in [6.45, 7) is 24.0. The van der Waals surface area contributed by atoms with Gasteiger partial charge in [-0.05, 0) is 101 Å². The number of aliphatic imine (C=N–C) groups is 1. The maximum Gasteiger partial charge on any atom is 0.127 e. The highest BCUT2D eigenvalue weighted by Gasteiger charge is 2.41. The van der Waals surface area contributed by atoms with Crippen molar-refractivity contribution in [3.8, 4) is 0 Å². The lowest BCUT2D eigenvalue weighted by molar-refractivity contribution is 0.199. The van der Waals surface area contributed by atoms with Gasteiger partial charge in [-0.2, -0.15) is 0 Å². The quantitative estimate of drug-likeness (QED) is 0.0943. The summed E-state index contributed by atoms with van der Waals surface area (Å²) in [5.41, 5.74) is 6.13. The van der Waals surface area contributed by atoms with Gasteiger partial charge in [0.1, 0.15) is 5.67 Å². The number of allylic oxidation sites excluding steroid dienone is 1. The van der Waals surface area contributed by atoms with Crippen LogP contribution in [-0.2, 0) is 6.42 Å². The second-order valence-corrected chi connectivity index (χ2v) is 14.4. The molecule has 5 nitrogen and oxygen atoms in total. The van der Waals surface area contributed by atoms with Crippen LogP contribution in [0.25, 0.3) is 16.6 Å². The van der Waals surface area contributed by atoms with Crippen LogP contribution in [0.1, 0.15) is 102 Å². The summed E-state index contributed by atoms with van der Waals surface area (Å²) in [6, 6.07) is 8.64. The van der Waals surface area contributed by atoms with Crippen molar-refractivity contribution < 1.29 is 4.39 Å². The summed E-state index contributed by atoms with van der Waals surface area (Å²) in [5.74, 6) is 0.856. The molecule has 0 radical (unpaired) electrons. The lowest BCUT2D eigenvalue weighted by Crippen LogP contribution is -2.34. The predicted octanol–water partition coefficient (Wildman–Crippen LogP) is 9.67. The first-order valence-corrected chi connectivity index (χ1v) is 18.0. The minimum Gasteiger partial charge on any atom is -0.379 e. The Balaban J connectivity index is 1.18. The Morgan fingerprint density at radius 2 is 1.81 bits per heavy atom. The van der Waals surface area contributed by atoms with E-state index < -0.39 is 5.67 Å². The van der Waals surface area contributed by atoms with E-state index in [-0.39, 0.29) is 6.04 Å². The number of aryl methyl sites for hydroxylation is 1. The molecule has 2 aliphatic rings. The van der Waals surface area contributed by atoms with Gasteiger partial charge in [0, 0.05) is 60.8 Å². The smallest absolute Gasteiger partial charge is 0.127 e. The molecule has 0 bridgehead atoms. The number of halogens is 1. The standard InChI is InChI=1S/C41H60FN5/c1-31(2)40-28-41(6,42)30-47(40)33(4)29-45-34(5)37-20-24-44-39-19-18-36(27-38(37)39)17-13-10-12-16-35-21-25-46(26-22-35)32(3)15-11-8-9-14-23-43-7/h18-20,23-24,27,35,40,45H,1,3-5,8-17,21-22,25-26,28-30H2,2,6-7H3. The minimum absolute atomic E-state index is 0.0214. The molecule has 0 amide bonds. The Bertz CT molecular complexity index is 1400. The van der Waals surface area contributed by atoms with Crippen molar-refractivity contribution in [2.45, 2.75) is 109 Å². The largest absolute Gasteiger partial charge is 0.379 e. The third kappa shape index (κ3) is 10.8. The number of likely N-dealkylation sites (tertiary alicyclic amines) is 2. The third-order valence-electron chi connectivity index (χ3n) is 10.2. The van der Waals surface area contributed by atoms with Crippen LogP contribution < -0.4 is 5.32 Å². The first kappa shape index (κ1) is 36.4. The number of nitrogens with one attached hydrogen (secondary N) is 1. The van der Waals surface area contributed by atoms with Gasteiger partial charge < -0.3 is 20.1 Å². The molecule has 0 spiro atoms. The van der Waals surface area contributed by atoms with Crippen molar-refractivity contribution in [3.63, 3.8) is 0 Å². The lowest BCUT2D eigenvalue weighted by Gasteiger charge is -2.35. The summed E-state index contributed by atoms with van der Waals surface area (Å²) in [4.78, 5) is 13.3. The number of rotatable bonds is 19. The Morgan fingerprint density at radius 3 is 2.55 bits per heavy atom. The highest BCUT2D eigenvalue weighted by Crippen LogP contribution is 2.35. The number of benzene rings is 1. The van der Waals surface area contributed by atoms with Crippen LogP contribution in [0.15, 0.2) is 78.7 Å². The van der Waals surface area contributed by atoms with Crippen LogP contribution >= 0.6 is 0 Å². The van der Waals surface area contributed by atoms with E-state index in [0.29, 0.717) is 19.5 Å². The zero-order chi connectivity index (χ0) is 33.8. The summed E-state index contributed by atoms with van der Waals surface area (Å²) < 4.78 is 14.9. The number of pyridine rings is 1. The fourth-order valence-electron chi connectivity index (χ4n) is 7.34. The highest BCUT2D eigenvalue weighted by atomic mass is 19.1. The first-order chi connectivity index (χ1) is 22.6. The average molecular weight is 642 g/mol. The van der Waals surface area contributed by atoms with Crippen molar-refractivity contribution >= 4 is 22.8 Å². The monoisotopic (exact) mass is 641 g/mol. The molecule has 4 rings (SSSR count). The summed E-state index contributed by atoms with van der Waals surface area (Å²) in [5, 5.41) is 4.58. The maximum absolute atomic E-state index is 14.9. The van der Waals surface area contributed by atoms with E-state index in [1.807, 2.05) is 32.4 Å². The van der Waals surface area contributed by atoms with Crippen LogP contribution in [-0.4, -0.2) is 65.9 Å². The molecular formula is C41H60FN5. The summed E-state index contributed by atoms with van der Waals surface area (Å²) in [7, 11) is 1.85. The lowest BCUT2D eigenvalue weighted by atomic mass is 9.90. The van der Waals surface area contributed by atoms with Gasteiger partial charge in [-0.15, -0.1) is 0 Å². The molecule has 2 unspecified atom stereocenters. The number of unbranched alkanes of at least 4 members (excludes halogenated alkanes) is 5. The molecule has 256 valence electrons. The molecule has 2 aliphatic heterocycles. The summed E-state index contributed by atoms with van der Waals surface area (Å²) >= 11 is 0. The zero-order valence-electron chi connectivity index (χ0n) is 29.6. The predicted molar refractivity (Wildman–Crippen MR) is 200 cm³/mol. The van der Waals surface area contributed by atoms with Crippen molar-refractivity contribution in [2.24, 2.45) is 10.9 Å². The number of hydrogen-bond acceptors (Lipinski definition) is 5. The molecule has 1 aromatic heterocycles. The van der Waals surface area contributed by atoms with Gasteiger partial charge in [-0.1, -0.05) is 63.6 Å². The number of piperidine rings is 1. The van der Waals surface area contributed by atoms with E-state index in [1.54, 1.807) is 6.92 Å². The van der Waals surface area contributed by atoms with Crippen molar-refractivity contribution in [1.82, 2.24) is 20.1 Å². The second-order valence-electron chi connectivity index (χ2n) is 14.4. The Morgan fingerprint density at radius 1 is 1.04 bits per heavy atom. The Labute approximate surface area is 284 Å². The molecule has 2 atom stereocenters. The molecule has 2 aromatic rings. The highest BCUT2D eigenvalue weighted by molar-refractivity contribution is 5.91. The number of hydrogen-bond donors (Lipinski definition) is 1. The molecule has 1 N–H and O–H groups in total. The van der Waals surface area contributed by atoms with Crippen molar-refractivity contribution in [2.75, 3.05) is 33.2 Å². The van der Waals surface area contributed by atoms with Gasteiger partial charge in [0.25, 0.3) is 0 Å². The van der Waals surface area contributed by atoms with Crippen LogP contribution in [0.3, 0.4) is 0 Å². The van der Waals surface area contributed by atoms with Crippen LogP contribution in [0.4, 0.5) is 4.39 Å². The second kappa shape index (κ2) is 17.7. The van der Waals surface area contributed by atoms with Gasteiger partial charge in [0.05, 0.1) is 24.6 Å². The van der Waals surface area contributed by atoms with Crippen LogP contribution in [0.5, 0.6) is 0 Å². The van der Waals surface area contributed by atoms with E-state index in [0.717, 1.165) is 58.6 Å². The Hall–Kier alpha value is -3.41. The number of nitrogens with zero attached hydrogens (tertiary/aromatic N) is 4. The molecule has 0 saturated carbocycles. The van der Waals surface area contributed by atoms with Crippen molar-refractivity contribution in [3.05, 3.63) is 84.9 Å². The SMILES string of the molecule is C=C(NCC(=C)N1CC(C)(F)CC1C(=C)C)c1ccnc2ccc(CCCCCC3CCN(C(=C)CCCCCC=NC)CC3)cc12. The summed E-state index contributed by atoms with van der Waals surface area (Å²) in [6.07, 6.45) is 19.1. The van der Waals surface area contributed by atoms with E-state index in [4.69, 9.17) is 0 Å². The number of fused-ring (bicyclic) bond motifs is 1. The molecule has 3 heterocycles. The van der Waals surface area contributed by atoms with E-state index in [2.05, 4.69) is 69.6 Å². The molecule has 0 aliphatic carbocycles. The fourth-order valence-corrected chi connectivity index (χ4v) is 7.34. The normalized spacial score (nSPS) is 20.3. The third-order valence-corrected chi connectivity index (χ3v) is 10.2. The minimum atomic E-state index is -1.24. The van der Waals surface area contributed by atoms with Crippen LogP contribution in [0, 0.1) is 5.92 Å². The molecule has 2 fully saturated rings. The van der Waals surface area contributed by atoms with Crippen molar-refractivity contribution in [1.29, 1.82) is 0 Å². The molecule has 2 saturated heterocycles. The van der Waals surface area contributed by atoms with Crippen LogP contribution in [0.2, 0.25) is 0 Å². The van der Waals surface area contributed by atoms with Gasteiger partial charge in [0.2, 0.25) is 0 Å². The van der Waals surface area contributed by atoms with E-state index in [1.165, 1.54) is 82.1 Å². The van der Waals surface area contributed by atoms with Gasteiger partial charge in [0.15, 0.2) is 0 Å². The van der Waals surface area contributed by atoms with Gasteiger partial charge in [-0.3, -0.25) is 4.98 Å². The zero-order valence-corrected chi connectivity index (χ0v) is 29.6. The topological polar surface area (TPSA) is 43.8 Å². The molecule has 6 heteroatoms. The Kier molecular flexibility index (Phi) is 13.7. The molecule has 1 aromatic carbocycles. The van der Waals surface area contributed by atoms with Gasteiger partial charge >= 0.3 is 0 Å². The first-order valence-electron chi connectivity index (χ1n) is 18.0. The number of alkyl halides is 1. The van der Waals surface area contributed by atoms with E-state index in [9.17, 15) is 4.39 Å². The average Bonchev–Trinajstić information content (AvgIpc) is 3.40. The molecule has 47 heavy (non-hydrogen) atoms. The molecular weight excluding hydrogens is 581 g/mol. The maximum atomic E-state index is 14.9. The fraction of sp³-hybridized carbons (Fsp3) is 0.561.